The molecule has 0 spiro atoms. The van der Waals surface area contributed by atoms with E-state index in [1.54, 1.807) is 24.4 Å². The predicted octanol–water partition coefficient (Wildman–Crippen LogP) is 2.67. The number of ether oxygens (including phenoxy) is 1. The molecule has 9 nitrogen and oxygen atoms in total. The first-order valence-corrected chi connectivity index (χ1v) is 10.5. The lowest BCUT2D eigenvalue weighted by Gasteiger charge is -2.16. The molecule has 152 valence electrons. The van der Waals surface area contributed by atoms with Crippen molar-refractivity contribution in [3.63, 3.8) is 0 Å². The zero-order valence-electron chi connectivity index (χ0n) is 16.1. The van der Waals surface area contributed by atoms with Crippen LogP contribution in [0.1, 0.15) is 38.8 Å². The Morgan fingerprint density at radius 3 is 2.43 bits per heavy atom. The van der Waals surface area contributed by atoms with Gasteiger partial charge in [-0.1, -0.05) is 32.4 Å². The van der Waals surface area contributed by atoms with Gasteiger partial charge >= 0.3 is 6.09 Å². The van der Waals surface area contributed by atoms with E-state index in [2.05, 4.69) is 29.1 Å². The summed E-state index contributed by atoms with van der Waals surface area (Å²) in [5.41, 5.74) is 0.835. The molecular weight excluding hydrogens is 382 g/mol. The molecule has 1 aromatic carbocycles. The number of carbonyl (C=O) groups excluding carboxylic acids is 1. The fourth-order valence-electron chi connectivity index (χ4n) is 2.39. The van der Waals surface area contributed by atoms with Gasteiger partial charge in [-0.05, 0) is 30.7 Å². The van der Waals surface area contributed by atoms with E-state index in [0.29, 0.717) is 24.9 Å². The summed E-state index contributed by atoms with van der Waals surface area (Å²) in [5.74, 6) is 0.803. The van der Waals surface area contributed by atoms with Crippen LogP contribution in [-0.4, -0.2) is 37.6 Å². The number of sulfonamides is 1. The Labute approximate surface area is 165 Å². The molecule has 2 heterocycles. The zero-order chi connectivity index (χ0) is 20.7. The molecule has 1 aliphatic rings. The van der Waals surface area contributed by atoms with Gasteiger partial charge in [0.25, 0.3) is 0 Å². The molecule has 0 bridgehead atoms. The van der Waals surface area contributed by atoms with Crippen LogP contribution in [0.5, 0.6) is 0 Å². The van der Waals surface area contributed by atoms with Crippen LogP contribution < -0.4 is 15.4 Å². The molecule has 28 heavy (non-hydrogen) atoms. The Morgan fingerprint density at radius 2 is 1.89 bits per heavy atom. The summed E-state index contributed by atoms with van der Waals surface area (Å²) in [4.78, 5) is 21.5. The van der Waals surface area contributed by atoms with Crippen LogP contribution in [0.25, 0.3) is 0 Å². The van der Waals surface area contributed by atoms with Crippen molar-refractivity contribution in [3.8, 4) is 0 Å². The number of carbonyl (C=O) groups is 1. The molecule has 1 aliphatic heterocycles. The highest BCUT2D eigenvalue weighted by Gasteiger charge is 2.25. The van der Waals surface area contributed by atoms with Gasteiger partial charge in [0.05, 0.1) is 17.5 Å². The van der Waals surface area contributed by atoms with Gasteiger partial charge in [-0.3, -0.25) is 4.90 Å². The summed E-state index contributed by atoms with van der Waals surface area (Å²) in [5, 5.41) is 8.20. The van der Waals surface area contributed by atoms with Gasteiger partial charge < -0.3 is 10.1 Å². The molecule has 1 saturated heterocycles. The number of hydrogen-bond donors (Lipinski definition) is 2. The molecule has 0 saturated carbocycles. The molecule has 0 aliphatic carbocycles. The first-order chi connectivity index (χ1) is 13.3. The van der Waals surface area contributed by atoms with Crippen LogP contribution in [-0.2, 0) is 14.8 Å². The summed E-state index contributed by atoms with van der Waals surface area (Å²) < 4.78 is 27.5. The summed E-state index contributed by atoms with van der Waals surface area (Å²) in [7, 11) is -3.72. The second-order valence-corrected chi connectivity index (χ2v) is 7.75. The van der Waals surface area contributed by atoms with Gasteiger partial charge in [-0.25, -0.2) is 23.3 Å². The number of rotatable bonds is 5. The average molecular weight is 407 g/mol. The normalized spacial score (nSPS) is 14.7. The van der Waals surface area contributed by atoms with E-state index < -0.39 is 16.1 Å². The van der Waals surface area contributed by atoms with Gasteiger partial charge in [0.2, 0.25) is 16.0 Å². The number of primary sulfonamides is 1. The van der Waals surface area contributed by atoms with E-state index in [-0.39, 0.29) is 10.9 Å². The van der Waals surface area contributed by atoms with E-state index in [4.69, 9.17) is 9.88 Å². The third kappa shape index (κ3) is 5.64. The maximum Gasteiger partial charge on any atom is 0.415 e. The zero-order valence-corrected chi connectivity index (χ0v) is 16.9. The molecule has 3 N–H and O–H groups in total. The van der Waals surface area contributed by atoms with Crippen molar-refractivity contribution in [2.24, 2.45) is 5.14 Å². The summed E-state index contributed by atoms with van der Waals surface area (Å²) >= 11 is 0. The molecule has 2 aromatic rings. The number of nitrogens with two attached hydrogens (primary N) is 1. The number of aromatic nitrogens is 2. The topological polar surface area (TPSA) is 128 Å². The molecule has 1 unspecified atom stereocenters. The minimum absolute atomic E-state index is 0.0502. The second-order valence-electron chi connectivity index (χ2n) is 6.19. The highest BCUT2D eigenvalue weighted by atomic mass is 32.2. The maximum atomic E-state index is 11.6. The number of cyclic esters (lactones) is 1. The van der Waals surface area contributed by atoms with Crippen LogP contribution in [0, 0.1) is 0 Å². The lowest BCUT2D eigenvalue weighted by atomic mass is 10.1. The van der Waals surface area contributed by atoms with Crippen molar-refractivity contribution >= 4 is 27.9 Å². The monoisotopic (exact) mass is 407 g/mol. The summed E-state index contributed by atoms with van der Waals surface area (Å²) in [6, 6.07) is 7.66. The number of benzene rings is 1. The van der Waals surface area contributed by atoms with E-state index in [1.165, 1.54) is 23.5 Å². The summed E-state index contributed by atoms with van der Waals surface area (Å²) in [6.07, 6.45) is 2.36. The van der Waals surface area contributed by atoms with Crippen molar-refractivity contribution in [2.45, 2.75) is 38.1 Å². The Balaban J connectivity index is 0.000000878. The van der Waals surface area contributed by atoms with E-state index in [1.807, 2.05) is 6.92 Å². The van der Waals surface area contributed by atoms with Crippen molar-refractivity contribution in [1.29, 1.82) is 0 Å². The average Bonchev–Trinajstić information content (AvgIpc) is 3.08. The highest BCUT2D eigenvalue weighted by molar-refractivity contribution is 7.89. The first-order valence-electron chi connectivity index (χ1n) is 8.92. The number of nitrogens with one attached hydrogen (secondary N) is 1. The standard InChI is InChI=1S/C15H17N5O4S.C3H8/c1-10(11-2-4-12(5-3-11)25(16,22)23)18-14-17-7-6-13(19-14)20-8-9-24-15(20)21;1-3-2/h2-7,10H,8-9H2,1H3,(H2,16,22,23)(H,17,18,19);3H2,1-2H3. The molecule has 10 heteroatoms. The fourth-order valence-corrected chi connectivity index (χ4v) is 2.91. The van der Waals surface area contributed by atoms with Gasteiger partial charge in [0.1, 0.15) is 12.4 Å². The summed E-state index contributed by atoms with van der Waals surface area (Å²) in [6.45, 7) is 6.91. The minimum atomic E-state index is -3.72. The van der Waals surface area contributed by atoms with Crippen LogP contribution in [0.3, 0.4) is 0 Å². The molecular formula is C18H25N5O4S. The SMILES string of the molecule is CC(Nc1nccc(N2CCOC2=O)n1)c1ccc(S(N)(=O)=O)cc1.CCC. The third-order valence-electron chi connectivity index (χ3n) is 3.73. The molecule has 0 radical (unpaired) electrons. The molecule has 1 atom stereocenters. The van der Waals surface area contributed by atoms with Crippen LogP contribution in [0.4, 0.5) is 16.6 Å². The molecule has 3 rings (SSSR count). The first kappa shape index (κ1) is 21.6. The second kappa shape index (κ2) is 9.47. The van der Waals surface area contributed by atoms with Gasteiger partial charge in [-0.2, -0.15) is 4.98 Å². The molecule has 1 fully saturated rings. The van der Waals surface area contributed by atoms with Gasteiger partial charge in [0.15, 0.2) is 0 Å². The molecule has 1 amide bonds. The Bertz CT molecular complexity index is 902. The van der Waals surface area contributed by atoms with Crippen LogP contribution >= 0.6 is 0 Å². The number of hydrogen-bond acceptors (Lipinski definition) is 7. The lowest BCUT2D eigenvalue weighted by molar-refractivity contribution is 0.181. The predicted molar refractivity (Wildman–Crippen MR) is 107 cm³/mol. The Morgan fingerprint density at radius 1 is 1.25 bits per heavy atom. The quantitative estimate of drug-likeness (QED) is 0.780. The minimum Gasteiger partial charge on any atom is -0.447 e. The van der Waals surface area contributed by atoms with Crippen molar-refractivity contribution in [3.05, 3.63) is 42.1 Å². The number of anilines is 2. The van der Waals surface area contributed by atoms with Crippen molar-refractivity contribution in [2.75, 3.05) is 23.4 Å². The molecule has 1 aromatic heterocycles. The highest BCUT2D eigenvalue weighted by Crippen LogP contribution is 2.21. The number of amides is 1. The fraction of sp³-hybridized carbons (Fsp3) is 0.389. The van der Waals surface area contributed by atoms with Gasteiger partial charge in [-0.15, -0.1) is 0 Å². The van der Waals surface area contributed by atoms with Crippen molar-refractivity contribution < 1.29 is 17.9 Å². The Hall–Kier alpha value is -2.72. The maximum absolute atomic E-state index is 11.6. The van der Waals surface area contributed by atoms with E-state index in [0.717, 1.165) is 5.56 Å². The Kier molecular flexibility index (Phi) is 7.30. The van der Waals surface area contributed by atoms with Crippen LogP contribution in [0.15, 0.2) is 41.4 Å². The van der Waals surface area contributed by atoms with Crippen molar-refractivity contribution in [1.82, 2.24) is 9.97 Å². The smallest absolute Gasteiger partial charge is 0.415 e. The number of nitrogens with zero attached hydrogens (tertiary/aromatic N) is 3. The van der Waals surface area contributed by atoms with E-state index in [9.17, 15) is 13.2 Å². The van der Waals surface area contributed by atoms with Gasteiger partial charge in [0, 0.05) is 6.20 Å². The van der Waals surface area contributed by atoms with Crippen LogP contribution in [0.2, 0.25) is 0 Å². The lowest BCUT2D eigenvalue weighted by Crippen LogP contribution is -2.25. The third-order valence-corrected chi connectivity index (χ3v) is 4.66. The van der Waals surface area contributed by atoms with E-state index >= 15 is 0 Å². The largest absolute Gasteiger partial charge is 0.447 e.